The molecule has 0 spiro atoms. The fourth-order valence-corrected chi connectivity index (χ4v) is 2.71. The molecule has 0 radical (unpaired) electrons. The van der Waals surface area contributed by atoms with E-state index in [1.165, 1.54) is 13.1 Å². The molecule has 20 heavy (non-hydrogen) atoms. The molecule has 4 heteroatoms. The summed E-state index contributed by atoms with van der Waals surface area (Å²) in [5, 5.41) is 0. The molecular formula is C16H26N2O2+2. The van der Waals surface area contributed by atoms with Crippen LogP contribution in [0.5, 0.6) is 0 Å². The smallest absolute Gasteiger partial charge is 0.338 e. The highest BCUT2D eigenvalue weighted by Gasteiger charge is 2.23. The topological polar surface area (TPSA) is 35.2 Å². The number of benzene rings is 1. The predicted molar refractivity (Wildman–Crippen MR) is 78.2 cm³/mol. The molecule has 1 fully saturated rings. The van der Waals surface area contributed by atoms with Gasteiger partial charge in [0.1, 0.15) is 38.8 Å². The van der Waals surface area contributed by atoms with Gasteiger partial charge < -0.3 is 14.5 Å². The van der Waals surface area contributed by atoms with Gasteiger partial charge in [0.05, 0.1) is 12.6 Å². The van der Waals surface area contributed by atoms with Gasteiger partial charge in [-0.05, 0) is 26.0 Å². The monoisotopic (exact) mass is 278 g/mol. The van der Waals surface area contributed by atoms with Crippen molar-refractivity contribution in [3.63, 3.8) is 0 Å². The molecular weight excluding hydrogens is 252 g/mol. The van der Waals surface area contributed by atoms with Gasteiger partial charge in [-0.1, -0.05) is 17.7 Å². The number of piperazine rings is 1. The quantitative estimate of drug-likeness (QED) is 0.690. The van der Waals surface area contributed by atoms with Crippen LogP contribution in [-0.2, 0) is 4.74 Å². The highest BCUT2D eigenvalue weighted by atomic mass is 16.5. The summed E-state index contributed by atoms with van der Waals surface area (Å²) in [7, 11) is 2.23. The first-order valence-electron chi connectivity index (χ1n) is 7.47. The number of quaternary nitrogens is 2. The third-order valence-electron chi connectivity index (χ3n) is 3.95. The van der Waals surface area contributed by atoms with Crippen LogP contribution in [0.4, 0.5) is 0 Å². The summed E-state index contributed by atoms with van der Waals surface area (Å²) in [5.74, 6) is -0.208. The Bertz CT molecular complexity index is 454. The molecule has 2 rings (SSSR count). The molecule has 1 heterocycles. The number of likely N-dealkylation sites (N-methyl/N-ethyl adjacent to an activating group) is 1. The number of rotatable bonds is 4. The molecule has 1 saturated heterocycles. The van der Waals surface area contributed by atoms with Gasteiger partial charge in [0.2, 0.25) is 0 Å². The summed E-state index contributed by atoms with van der Waals surface area (Å²) in [4.78, 5) is 15.2. The number of nitrogens with one attached hydrogen (secondary N) is 2. The van der Waals surface area contributed by atoms with Crippen molar-refractivity contribution in [1.29, 1.82) is 0 Å². The molecule has 4 nitrogen and oxygen atoms in total. The minimum atomic E-state index is -0.208. The molecule has 1 aromatic carbocycles. The SMILES string of the molecule is Cc1cccc(C(=O)O[C@H](C)C[NH+]2CC[NH+](C)CC2)c1. The van der Waals surface area contributed by atoms with Crippen molar-refractivity contribution in [2.75, 3.05) is 39.8 Å². The number of hydrogen-bond donors (Lipinski definition) is 2. The van der Waals surface area contributed by atoms with Gasteiger partial charge in [-0.3, -0.25) is 0 Å². The number of aryl methyl sites for hydroxylation is 1. The van der Waals surface area contributed by atoms with Crippen LogP contribution in [0.1, 0.15) is 22.8 Å². The average molecular weight is 278 g/mol. The first-order chi connectivity index (χ1) is 9.54. The van der Waals surface area contributed by atoms with E-state index in [9.17, 15) is 4.79 Å². The van der Waals surface area contributed by atoms with Crippen molar-refractivity contribution < 1.29 is 19.3 Å². The van der Waals surface area contributed by atoms with Crippen molar-refractivity contribution in [3.8, 4) is 0 Å². The van der Waals surface area contributed by atoms with Crippen molar-refractivity contribution in [2.24, 2.45) is 0 Å². The Morgan fingerprint density at radius 3 is 2.65 bits per heavy atom. The average Bonchev–Trinajstić information content (AvgIpc) is 2.41. The molecule has 0 aliphatic carbocycles. The molecule has 2 N–H and O–H groups in total. The Labute approximate surface area is 121 Å². The first-order valence-corrected chi connectivity index (χ1v) is 7.47. The second kappa shape index (κ2) is 6.86. The van der Waals surface area contributed by atoms with E-state index >= 15 is 0 Å². The van der Waals surface area contributed by atoms with E-state index in [0.717, 1.165) is 25.2 Å². The van der Waals surface area contributed by atoms with Crippen molar-refractivity contribution in [2.45, 2.75) is 20.0 Å². The van der Waals surface area contributed by atoms with Crippen LogP contribution in [0.25, 0.3) is 0 Å². The summed E-state index contributed by atoms with van der Waals surface area (Å²) in [6.07, 6.45) is -0.0311. The largest absolute Gasteiger partial charge is 0.453 e. The van der Waals surface area contributed by atoms with E-state index in [0.29, 0.717) is 5.56 Å². The molecule has 110 valence electrons. The second-order valence-corrected chi connectivity index (χ2v) is 6.00. The summed E-state index contributed by atoms with van der Waals surface area (Å²) < 4.78 is 5.55. The zero-order chi connectivity index (χ0) is 14.5. The molecule has 1 atom stereocenters. The predicted octanol–water partition coefficient (Wildman–Crippen LogP) is -1.05. The standard InChI is InChI=1S/C16H24N2O2/c1-13-5-4-6-15(11-13)16(19)20-14(2)12-18-9-7-17(3)8-10-18/h4-6,11,14H,7-10,12H2,1-3H3/p+2/t14-/m1/s1. The van der Waals surface area contributed by atoms with E-state index in [-0.39, 0.29) is 12.1 Å². The van der Waals surface area contributed by atoms with Crippen molar-refractivity contribution in [1.82, 2.24) is 0 Å². The van der Waals surface area contributed by atoms with E-state index in [1.807, 2.05) is 38.1 Å². The minimum Gasteiger partial charge on any atom is -0.453 e. The summed E-state index contributed by atoms with van der Waals surface area (Å²) in [6.45, 7) is 9.62. The molecule has 0 saturated carbocycles. The third kappa shape index (κ3) is 4.32. The fraction of sp³-hybridized carbons (Fsp3) is 0.562. The van der Waals surface area contributed by atoms with Crippen LogP contribution < -0.4 is 9.80 Å². The molecule has 1 aliphatic rings. The summed E-state index contributed by atoms with van der Waals surface area (Å²) in [5.41, 5.74) is 1.73. The summed E-state index contributed by atoms with van der Waals surface area (Å²) in [6, 6.07) is 7.57. The van der Waals surface area contributed by atoms with Gasteiger partial charge >= 0.3 is 5.97 Å². The van der Waals surface area contributed by atoms with E-state index in [4.69, 9.17) is 4.74 Å². The molecule has 1 aromatic rings. The van der Waals surface area contributed by atoms with E-state index in [1.54, 1.807) is 9.80 Å². The van der Waals surface area contributed by atoms with E-state index in [2.05, 4.69) is 7.05 Å². The van der Waals surface area contributed by atoms with Crippen LogP contribution in [0.15, 0.2) is 24.3 Å². The lowest BCUT2D eigenvalue weighted by Crippen LogP contribution is -3.27. The Morgan fingerprint density at radius 2 is 2.00 bits per heavy atom. The number of carbonyl (C=O) groups is 1. The maximum atomic E-state index is 12.1. The van der Waals surface area contributed by atoms with Crippen LogP contribution in [0, 0.1) is 6.92 Å². The van der Waals surface area contributed by atoms with Crippen LogP contribution >= 0.6 is 0 Å². The van der Waals surface area contributed by atoms with Gasteiger partial charge in [0.15, 0.2) is 0 Å². The molecule has 0 bridgehead atoms. The van der Waals surface area contributed by atoms with Gasteiger partial charge in [0.25, 0.3) is 0 Å². The van der Waals surface area contributed by atoms with Gasteiger partial charge in [0, 0.05) is 0 Å². The highest BCUT2D eigenvalue weighted by molar-refractivity contribution is 5.89. The maximum absolute atomic E-state index is 12.1. The molecule has 1 aliphatic heterocycles. The molecule has 0 unspecified atom stereocenters. The lowest BCUT2D eigenvalue weighted by molar-refractivity contribution is -1.00. The van der Waals surface area contributed by atoms with Crippen molar-refractivity contribution in [3.05, 3.63) is 35.4 Å². The lowest BCUT2D eigenvalue weighted by atomic mass is 10.1. The first kappa shape index (κ1) is 15.0. The third-order valence-corrected chi connectivity index (χ3v) is 3.95. The van der Waals surface area contributed by atoms with Gasteiger partial charge in [-0.2, -0.15) is 0 Å². The Balaban J connectivity index is 1.82. The van der Waals surface area contributed by atoms with Crippen LogP contribution in [-0.4, -0.2) is 51.8 Å². The normalized spacial score (nSPS) is 24.1. The number of ether oxygens (including phenoxy) is 1. The number of hydrogen-bond acceptors (Lipinski definition) is 2. The van der Waals surface area contributed by atoms with E-state index < -0.39 is 0 Å². The zero-order valence-corrected chi connectivity index (χ0v) is 12.7. The zero-order valence-electron chi connectivity index (χ0n) is 12.7. The maximum Gasteiger partial charge on any atom is 0.338 e. The number of esters is 1. The van der Waals surface area contributed by atoms with Crippen molar-refractivity contribution >= 4 is 5.97 Å². The lowest BCUT2D eigenvalue weighted by Gasteiger charge is -2.28. The summed E-state index contributed by atoms with van der Waals surface area (Å²) >= 11 is 0. The minimum absolute atomic E-state index is 0.0311. The Hall–Kier alpha value is -1.39. The van der Waals surface area contributed by atoms with Gasteiger partial charge in [-0.15, -0.1) is 0 Å². The Kier molecular flexibility index (Phi) is 5.15. The van der Waals surface area contributed by atoms with Gasteiger partial charge in [-0.25, -0.2) is 4.79 Å². The number of carbonyl (C=O) groups excluding carboxylic acids is 1. The Morgan fingerprint density at radius 1 is 1.30 bits per heavy atom. The fourth-order valence-electron chi connectivity index (χ4n) is 2.71. The van der Waals surface area contributed by atoms with Crippen LogP contribution in [0.3, 0.4) is 0 Å². The van der Waals surface area contributed by atoms with Crippen LogP contribution in [0.2, 0.25) is 0 Å². The second-order valence-electron chi connectivity index (χ2n) is 6.00. The highest BCUT2D eigenvalue weighted by Crippen LogP contribution is 2.06. The molecule has 0 amide bonds. The molecule has 0 aromatic heterocycles.